The van der Waals surface area contributed by atoms with Crippen LogP contribution in [0, 0.1) is 6.92 Å². The number of ether oxygens (including phenoxy) is 2. The van der Waals surface area contributed by atoms with Crippen LogP contribution in [0.5, 0.6) is 5.75 Å². The highest BCUT2D eigenvalue weighted by Crippen LogP contribution is 2.38. The maximum Gasteiger partial charge on any atom is 0.204 e. The van der Waals surface area contributed by atoms with Gasteiger partial charge in [0.1, 0.15) is 5.78 Å². The van der Waals surface area contributed by atoms with Gasteiger partial charge in [-0.1, -0.05) is 0 Å². The molecule has 0 bridgehead atoms. The molecule has 1 aliphatic heterocycles. The summed E-state index contributed by atoms with van der Waals surface area (Å²) in [4.78, 5) is 28.2. The Morgan fingerprint density at radius 1 is 1.31 bits per heavy atom. The smallest absolute Gasteiger partial charge is 0.204 e. The summed E-state index contributed by atoms with van der Waals surface area (Å²) < 4.78 is 11.2. The molecule has 1 aliphatic rings. The van der Waals surface area contributed by atoms with Crippen molar-refractivity contribution in [3.05, 3.63) is 35.8 Å². The number of nitrogens with zero attached hydrogens (tertiary/aromatic N) is 5. The Labute approximate surface area is 190 Å². The predicted octanol–water partition coefficient (Wildman–Crippen LogP) is 2.77. The third-order valence-electron chi connectivity index (χ3n) is 4.73. The van der Waals surface area contributed by atoms with Crippen LogP contribution in [-0.4, -0.2) is 64.3 Å². The molecule has 32 heavy (non-hydrogen) atoms. The number of carbonyl (C=O) groups is 1. The Bertz CT molecular complexity index is 1080. The van der Waals surface area contributed by atoms with E-state index in [2.05, 4.69) is 25.4 Å². The van der Waals surface area contributed by atoms with Crippen LogP contribution < -0.4 is 15.0 Å². The minimum Gasteiger partial charge on any atom is -0.490 e. The molecule has 0 atom stereocenters. The molecule has 0 radical (unpaired) electrons. The van der Waals surface area contributed by atoms with Gasteiger partial charge in [0.05, 0.1) is 20.3 Å². The van der Waals surface area contributed by atoms with Crippen molar-refractivity contribution in [2.45, 2.75) is 30.3 Å². The molecule has 3 aromatic heterocycles. The lowest BCUT2D eigenvalue weighted by atomic mass is 10.2. The van der Waals surface area contributed by atoms with Crippen molar-refractivity contribution in [3.63, 3.8) is 0 Å². The Kier molecular flexibility index (Phi) is 6.86. The number of hydrogen-bond acceptors (Lipinski definition) is 10. The van der Waals surface area contributed by atoms with E-state index in [9.17, 15) is 4.79 Å². The number of carbonyl (C=O) groups excluding carboxylic acids is 1. The van der Waals surface area contributed by atoms with Crippen molar-refractivity contribution in [3.8, 4) is 5.75 Å². The molecule has 2 N–H and O–H groups in total. The molecule has 0 unspecified atom stereocenters. The predicted molar refractivity (Wildman–Crippen MR) is 121 cm³/mol. The van der Waals surface area contributed by atoms with Crippen molar-refractivity contribution < 1.29 is 14.3 Å². The summed E-state index contributed by atoms with van der Waals surface area (Å²) in [5.74, 6) is 2.49. The van der Waals surface area contributed by atoms with E-state index in [-0.39, 0.29) is 5.78 Å². The van der Waals surface area contributed by atoms with Crippen molar-refractivity contribution in [1.82, 2.24) is 25.1 Å². The maximum atomic E-state index is 11.3. The van der Waals surface area contributed by atoms with E-state index >= 15 is 0 Å². The number of morpholine rings is 1. The number of H-pyrrole nitrogens is 1. The van der Waals surface area contributed by atoms with Gasteiger partial charge < -0.3 is 19.7 Å². The summed E-state index contributed by atoms with van der Waals surface area (Å²) in [5, 5.41) is 10.9. The molecule has 0 aliphatic carbocycles. The first-order valence-corrected chi connectivity index (χ1v) is 11.0. The average molecular weight is 456 g/mol. The summed E-state index contributed by atoms with van der Waals surface area (Å²) in [5.41, 5.74) is 1.67. The number of anilines is 3. The van der Waals surface area contributed by atoms with Gasteiger partial charge in [-0.15, -0.1) is 0 Å². The Balaban J connectivity index is 1.67. The second-order valence-corrected chi connectivity index (χ2v) is 8.38. The molecule has 10 nitrogen and oxygen atoms in total. The van der Waals surface area contributed by atoms with E-state index in [0.29, 0.717) is 61.1 Å². The number of nitrogens with one attached hydrogen (secondary N) is 2. The second kappa shape index (κ2) is 9.96. The summed E-state index contributed by atoms with van der Waals surface area (Å²) >= 11 is 1.39. The van der Waals surface area contributed by atoms with Crippen LogP contribution in [-0.2, 0) is 16.0 Å². The van der Waals surface area contributed by atoms with E-state index in [4.69, 9.17) is 19.4 Å². The number of methoxy groups -OCH3 is 1. The van der Waals surface area contributed by atoms with E-state index < -0.39 is 0 Å². The molecule has 0 spiro atoms. The fraction of sp³-hybridized carbons (Fsp3) is 0.381. The molecule has 168 valence electrons. The van der Waals surface area contributed by atoms with Crippen LogP contribution in [0.25, 0.3) is 0 Å². The van der Waals surface area contributed by atoms with Gasteiger partial charge in [0, 0.05) is 48.1 Å². The van der Waals surface area contributed by atoms with Crippen LogP contribution in [0.4, 0.5) is 17.5 Å². The molecule has 3 aromatic rings. The van der Waals surface area contributed by atoms with Crippen LogP contribution >= 0.6 is 11.8 Å². The molecular formula is C21H25N7O3S. The highest BCUT2D eigenvalue weighted by molar-refractivity contribution is 7.99. The van der Waals surface area contributed by atoms with Gasteiger partial charge in [0.15, 0.2) is 22.6 Å². The monoisotopic (exact) mass is 455 g/mol. The lowest BCUT2D eigenvalue weighted by molar-refractivity contribution is -0.116. The number of rotatable bonds is 8. The molecule has 4 heterocycles. The first-order valence-electron chi connectivity index (χ1n) is 10.2. The minimum atomic E-state index is 0.0795. The number of aryl methyl sites for hydroxylation is 1. The van der Waals surface area contributed by atoms with Gasteiger partial charge in [0.2, 0.25) is 5.75 Å². The van der Waals surface area contributed by atoms with Gasteiger partial charge >= 0.3 is 0 Å². The highest BCUT2D eigenvalue weighted by Gasteiger charge is 2.23. The minimum absolute atomic E-state index is 0.0795. The summed E-state index contributed by atoms with van der Waals surface area (Å²) in [6, 6.07) is 5.66. The maximum absolute atomic E-state index is 11.3. The third kappa shape index (κ3) is 5.35. The summed E-state index contributed by atoms with van der Waals surface area (Å²) in [7, 11) is 1.61. The average Bonchev–Trinajstić information content (AvgIpc) is 3.19. The van der Waals surface area contributed by atoms with Crippen LogP contribution in [0.2, 0.25) is 0 Å². The topological polar surface area (TPSA) is 118 Å². The molecule has 0 aromatic carbocycles. The Hall–Kier alpha value is -3.18. The van der Waals surface area contributed by atoms with E-state index in [1.54, 1.807) is 20.2 Å². The Morgan fingerprint density at radius 3 is 2.75 bits per heavy atom. The molecule has 0 saturated carbocycles. The quantitative estimate of drug-likeness (QED) is 0.491. The molecule has 1 saturated heterocycles. The lowest BCUT2D eigenvalue weighted by Gasteiger charge is -2.29. The van der Waals surface area contributed by atoms with Gasteiger partial charge in [-0.25, -0.2) is 9.97 Å². The van der Waals surface area contributed by atoms with Gasteiger partial charge in [-0.05, 0) is 37.7 Å². The van der Waals surface area contributed by atoms with Crippen molar-refractivity contribution in [1.29, 1.82) is 0 Å². The molecule has 4 rings (SSSR count). The van der Waals surface area contributed by atoms with E-state index in [0.717, 1.165) is 16.3 Å². The van der Waals surface area contributed by atoms with Crippen LogP contribution in [0.3, 0.4) is 0 Å². The van der Waals surface area contributed by atoms with Gasteiger partial charge in [-0.2, -0.15) is 5.10 Å². The zero-order valence-corrected chi connectivity index (χ0v) is 19.0. The number of hydrogen-bond donors (Lipinski definition) is 2. The zero-order chi connectivity index (χ0) is 22.5. The van der Waals surface area contributed by atoms with Crippen molar-refractivity contribution in [2.75, 3.05) is 43.6 Å². The largest absolute Gasteiger partial charge is 0.490 e. The third-order valence-corrected chi connectivity index (χ3v) is 5.57. The van der Waals surface area contributed by atoms with Crippen molar-refractivity contribution >= 4 is 35.0 Å². The van der Waals surface area contributed by atoms with Gasteiger partial charge in [0.25, 0.3) is 0 Å². The number of ketones is 1. The SMILES string of the molecule is COc1c(Nc2cc(C)[nH]n2)nc(Sc2ccc(CC(C)=O)nc2)nc1N1CCOCC1. The first-order chi connectivity index (χ1) is 15.5. The first kappa shape index (κ1) is 22.0. The zero-order valence-electron chi connectivity index (χ0n) is 18.2. The molecule has 11 heteroatoms. The molecule has 1 fully saturated rings. The van der Waals surface area contributed by atoms with Crippen molar-refractivity contribution in [2.24, 2.45) is 0 Å². The molecule has 0 amide bonds. The summed E-state index contributed by atoms with van der Waals surface area (Å²) in [6.45, 7) is 6.15. The van der Waals surface area contributed by atoms with Crippen LogP contribution in [0.15, 0.2) is 34.4 Å². The molecular weight excluding hydrogens is 430 g/mol. The van der Waals surface area contributed by atoms with E-state index in [1.165, 1.54) is 11.8 Å². The number of Topliss-reactive ketones (excluding diaryl/α,β-unsaturated/α-hetero) is 1. The van der Waals surface area contributed by atoms with E-state index in [1.807, 2.05) is 25.1 Å². The number of aromatic nitrogens is 5. The highest BCUT2D eigenvalue weighted by atomic mass is 32.2. The van der Waals surface area contributed by atoms with Gasteiger partial charge in [-0.3, -0.25) is 14.9 Å². The summed E-state index contributed by atoms with van der Waals surface area (Å²) in [6.07, 6.45) is 2.05. The number of pyridine rings is 1. The number of aromatic amines is 1. The fourth-order valence-corrected chi connectivity index (χ4v) is 3.99. The normalized spacial score (nSPS) is 13.8. The lowest BCUT2D eigenvalue weighted by Crippen LogP contribution is -2.37. The Morgan fingerprint density at radius 2 is 2.12 bits per heavy atom. The van der Waals surface area contributed by atoms with Crippen LogP contribution in [0.1, 0.15) is 18.3 Å². The fourth-order valence-electron chi connectivity index (χ4n) is 3.27. The second-order valence-electron chi connectivity index (χ2n) is 7.34. The standard InChI is InChI=1S/C21H25N7O3S/c1-13-10-17(27-26-13)23-19-18(30-3)20(28-6-8-31-9-7-28)25-21(24-19)32-16-5-4-15(22-12-16)11-14(2)29/h4-5,10,12H,6-9,11H2,1-3H3,(H2,23,24,25,26,27).